The van der Waals surface area contributed by atoms with E-state index in [1.54, 1.807) is 0 Å². The second kappa shape index (κ2) is 21.9. The summed E-state index contributed by atoms with van der Waals surface area (Å²) in [4.78, 5) is 27.0. The molecule has 0 radical (unpaired) electrons. The van der Waals surface area contributed by atoms with Crippen LogP contribution in [0.2, 0.25) is 0 Å². The highest BCUT2D eigenvalue weighted by atomic mass is 16.8. The van der Waals surface area contributed by atoms with E-state index in [4.69, 9.17) is 37.9 Å². The lowest BCUT2D eigenvalue weighted by Gasteiger charge is -2.71. The van der Waals surface area contributed by atoms with Crippen molar-refractivity contribution >= 4 is 11.8 Å². The topological polar surface area (TPSA) is 391 Å². The zero-order valence-electron chi connectivity index (χ0n) is 45.5. The number of carboxylic acid groups (broad SMARTS) is 1. The lowest BCUT2D eigenvalue weighted by molar-refractivity contribution is -0.396. The van der Waals surface area contributed by atoms with Gasteiger partial charge in [-0.1, -0.05) is 53.2 Å². The lowest BCUT2D eigenvalue weighted by Crippen LogP contribution is -2.68. The lowest BCUT2D eigenvalue weighted by atomic mass is 9.33. The molecule has 30 atom stereocenters. The van der Waals surface area contributed by atoms with Gasteiger partial charge in [-0.3, -0.25) is 4.79 Å². The minimum Gasteiger partial charge on any atom is -0.479 e. The van der Waals surface area contributed by atoms with Gasteiger partial charge in [0.15, 0.2) is 31.3 Å². The molecule has 0 spiro atoms. The van der Waals surface area contributed by atoms with Gasteiger partial charge in [0.1, 0.15) is 91.2 Å². The number of carbonyl (C=O) groups excluding carboxylic acids is 1. The Morgan fingerprint density at radius 2 is 1.21 bits per heavy atom. The summed E-state index contributed by atoms with van der Waals surface area (Å²) in [6.45, 7) is 12.4. The van der Waals surface area contributed by atoms with Crippen molar-refractivity contribution < 1.29 is 119 Å². The van der Waals surface area contributed by atoms with Gasteiger partial charge in [0.2, 0.25) is 0 Å². The number of rotatable bonds is 13. The van der Waals surface area contributed by atoms with E-state index in [2.05, 4.69) is 33.8 Å². The number of allylic oxidation sites excluding steroid dienone is 2. The Morgan fingerprint density at radius 3 is 1.83 bits per heavy atom. The van der Waals surface area contributed by atoms with E-state index in [9.17, 15) is 81.1 Å². The first-order valence-electron chi connectivity index (χ1n) is 27.8. The molecule has 4 saturated carbocycles. The molecule has 4 aliphatic heterocycles. The first-order chi connectivity index (χ1) is 36.5. The Bertz CT molecular complexity index is 2200. The Balaban J connectivity index is 0.964. The monoisotopic (exact) mass is 1120 g/mol. The molecule has 446 valence electrons. The largest absolute Gasteiger partial charge is 0.479 e. The van der Waals surface area contributed by atoms with E-state index in [1.165, 1.54) is 12.5 Å². The normalized spacial score (nSPS) is 55.4. The molecular weight excluding hydrogens is 1030 g/mol. The molecular formula is C54H86O24. The molecule has 4 saturated heterocycles. The SMILES string of the molecule is C[C@@H]1O[C@@H](O[C@H]2[C@H](O[C@H]3[C@H](O[C@H]4CC[C@@]5(C)[C@@H](CC[C@]6(C)[C@@H]5CC=C5[C@@H]7C[C@@](C)(CO[C@@H]8O[C@H](CO)[C@@H](O)[C@H](O)[C@H]8O)CC(=O)[C@]7(C)CC[C@]56C)[C@@]4(C)CO)O[C@H](C(=O)O)[C@@H](O)[C@@H]3O)O[C@H](CO)[C@H](O)[C@@H]2O)[C@H](O)[C@H](O)[C@H]1O. The van der Waals surface area contributed by atoms with Crippen LogP contribution in [0.3, 0.4) is 0 Å². The highest BCUT2D eigenvalue weighted by molar-refractivity contribution is 5.87. The third-order valence-corrected chi connectivity index (χ3v) is 21.6. The minimum atomic E-state index is -2.12. The molecule has 0 aromatic rings. The molecule has 78 heavy (non-hydrogen) atoms. The summed E-state index contributed by atoms with van der Waals surface area (Å²) in [5.41, 5.74) is -2.22. The number of hydrogen-bond donors (Lipinski definition) is 14. The molecule has 0 bridgehead atoms. The molecule has 9 rings (SSSR count). The van der Waals surface area contributed by atoms with Crippen LogP contribution in [-0.4, -0.2) is 239 Å². The van der Waals surface area contributed by atoms with Crippen LogP contribution < -0.4 is 0 Å². The fourth-order valence-electron chi connectivity index (χ4n) is 16.4. The molecule has 0 amide bonds. The third-order valence-electron chi connectivity index (χ3n) is 21.6. The number of aliphatic hydroxyl groups is 13. The van der Waals surface area contributed by atoms with Crippen LogP contribution in [0.25, 0.3) is 0 Å². The number of carboxylic acids is 1. The first kappa shape index (κ1) is 60.6. The maximum atomic E-state index is 14.5. The van der Waals surface area contributed by atoms with Crippen LogP contribution in [0.4, 0.5) is 0 Å². The van der Waals surface area contributed by atoms with Gasteiger partial charge in [0.25, 0.3) is 0 Å². The van der Waals surface area contributed by atoms with Gasteiger partial charge >= 0.3 is 5.97 Å². The van der Waals surface area contributed by atoms with Crippen LogP contribution in [0, 0.1) is 50.2 Å². The highest BCUT2D eigenvalue weighted by Crippen LogP contribution is 2.75. The van der Waals surface area contributed by atoms with Crippen molar-refractivity contribution in [1.82, 2.24) is 0 Å². The number of ketones is 1. The Kier molecular flexibility index (Phi) is 17.0. The average Bonchev–Trinajstić information content (AvgIpc) is 2.58. The number of aliphatic hydroxyl groups excluding tert-OH is 13. The van der Waals surface area contributed by atoms with Crippen molar-refractivity contribution in [3.63, 3.8) is 0 Å². The fraction of sp³-hybridized carbons (Fsp3) is 0.926. The van der Waals surface area contributed by atoms with Gasteiger partial charge in [0, 0.05) is 17.3 Å². The second-order valence-electron chi connectivity index (χ2n) is 26.0. The molecule has 0 aromatic carbocycles. The summed E-state index contributed by atoms with van der Waals surface area (Å²) >= 11 is 0. The Labute approximate surface area is 453 Å². The Morgan fingerprint density at radius 1 is 0.628 bits per heavy atom. The molecule has 5 aliphatic carbocycles. The first-order valence-corrected chi connectivity index (χ1v) is 27.8. The van der Waals surface area contributed by atoms with Crippen molar-refractivity contribution in [3.05, 3.63) is 11.6 Å². The Hall–Kier alpha value is -1.96. The van der Waals surface area contributed by atoms with Crippen LogP contribution in [0.15, 0.2) is 11.6 Å². The maximum Gasteiger partial charge on any atom is 0.335 e. The maximum absolute atomic E-state index is 14.5. The highest BCUT2D eigenvalue weighted by Gasteiger charge is 2.70. The molecule has 24 nitrogen and oxygen atoms in total. The van der Waals surface area contributed by atoms with E-state index in [0.717, 1.165) is 12.8 Å². The van der Waals surface area contributed by atoms with E-state index in [0.29, 0.717) is 38.5 Å². The molecule has 0 aromatic heterocycles. The summed E-state index contributed by atoms with van der Waals surface area (Å²) in [6, 6.07) is 0. The van der Waals surface area contributed by atoms with Crippen molar-refractivity contribution in [2.24, 2.45) is 50.2 Å². The smallest absolute Gasteiger partial charge is 0.335 e. The van der Waals surface area contributed by atoms with E-state index in [-0.39, 0.29) is 54.0 Å². The van der Waals surface area contributed by atoms with Crippen molar-refractivity contribution in [2.45, 2.75) is 235 Å². The molecule has 24 heteroatoms. The quantitative estimate of drug-likeness (QED) is 0.0682. The van der Waals surface area contributed by atoms with Crippen LogP contribution >= 0.6 is 0 Å². The number of ether oxygens (including phenoxy) is 8. The predicted octanol–water partition coefficient (Wildman–Crippen LogP) is -2.29. The predicted molar refractivity (Wildman–Crippen MR) is 264 cm³/mol. The van der Waals surface area contributed by atoms with Gasteiger partial charge in [0.05, 0.1) is 38.6 Å². The van der Waals surface area contributed by atoms with Gasteiger partial charge < -0.3 is 109 Å². The molecule has 0 unspecified atom stereocenters. The van der Waals surface area contributed by atoms with E-state index < -0.39 is 170 Å². The van der Waals surface area contributed by atoms with Crippen LogP contribution in [0.1, 0.15) is 106 Å². The number of Topliss-reactive ketones (excluding diaryl/α,β-unsaturated/α-hetero) is 1. The molecule has 14 N–H and O–H groups in total. The average molecular weight is 1120 g/mol. The van der Waals surface area contributed by atoms with Crippen molar-refractivity contribution in [1.29, 1.82) is 0 Å². The summed E-state index contributed by atoms with van der Waals surface area (Å²) in [5, 5.41) is 150. The summed E-state index contributed by atoms with van der Waals surface area (Å²) in [5.74, 6) is -1.80. The van der Waals surface area contributed by atoms with Gasteiger partial charge in [-0.05, 0) is 97.7 Å². The molecule has 9 aliphatic rings. The number of aliphatic carboxylic acids is 1. The van der Waals surface area contributed by atoms with Gasteiger partial charge in [-0.25, -0.2) is 4.79 Å². The van der Waals surface area contributed by atoms with Crippen molar-refractivity contribution in [2.75, 3.05) is 26.4 Å². The number of fused-ring (bicyclic) bond motifs is 7. The second-order valence-corrected chi connectivity index (χ2v) is 26.0. The fourth-order valence-corrected chi connectivity index (χ4v) is 16.4. The molecule has 8 fully saturated rings. The van der Waals surface area contributed by atoms with Crippen LogP contribution in [-0.2, 0) is 47.5 Å². The summed E-state index contributed by atoms with van der Waals surface area (Å²) in [6.07, 6.45) is -27.6. The van der Waals surface area contributed by atoms with Gasteiger partial charge in [-0.2, -0.15) is 0 Å². The van der Waals surface area contributed by atoms with Crippen molar-refractivity contribution in [3.8, 4) is 0 Å². The molecule has 4 heterocycles. The third kappa shape index (κ3) is 9.68. The number of hydrogen-bond acceptors (Lipinski definition) is 23. The van der Waals surface area contributed by atoms with E-state index >= 15 is 0 Å². The van der Waals surface area contributed by atoms with Crippen LogP contribution in [0.5, 0.6) is 0 Å². The van der Waals surface area contributed by atoms with E-state index in [1.807, 2.05) is 13.8 Å². The van der Waals surface area contributed by atoms with Gasteiger partial charge in [-0.15, -0.1) is 0 Å². The zero-order chi connectivity index (χ0) is 57.1. The minimum absolute atomic E-state index is 0.00903. The standard InChI is InChI=1S/C54H86O24/c1-22-31(59)34(62)40(68)46(72-22)77-42-36(64)33(61)26(19-56)74-47(42)78-43-38(66)37(65)41(44(69)70)76-48(43)75-30-11-12-51(4)27(52(30,5)20-57)10-13-54(7)28(51)9-8-23-24-16-49(2,17-29(58)50(24,3)14-15-53(23,54)6)21-71-45-39(67)35(63)32(60)25(18-55)73-45/h8,22,24-28,30-43,45-48,55-57,59-68H,9-21H2,1-7H3,(H,69,70)/t22-,24-,25+,26+,27+,28+,30-,31-,32+,33-,34+,35-,36-,37-,38-,39+,40+,41-,42+,43+,45+,46-,47-,48+,49+,50+,51-,52+,53+,54+/m0/s1. The number of carbonyl (C=O) groups is 2. The summed E-state index contributed by atoms with van der Waals surface area (Å²) in [7, 11) is 0. The zero-order valence-corrected chi connectivity index (χ0v) is 45.5. The summed E-state index contributed by atoms with van der Waals surface area (Å²) < 4.78 is 48.0.